The third-order valence-electron chi connectivity index (χ3n) is 3.95. The summed E-state index contributed by atoms with van der Waals surface area (Å²) in [7, 11) is 1.75. The number of aromatic nitrogens is 2. The van der Waals surface area contributed by atoms with Crippen LogP contribution in [0.2, 0.25) is 0 Å². The number of ether oxygens (including phenoxy) is 1. The van der Waals surface area contributed by atoms with Crippen molar-refractivity contribution in [1.82, 2.24) is 15.1 Å². The van der Waals surface area contributed by atoms with Crippen LogP contribution in [-0.2, 0) is 21.4 Å². The highest BCUT2D eigenvalue weighted by atomic mass is 19.1. The molecule has 2 rings (SSSR count). The van der Waals surface area contributed by atoms with Crippen molar-refractivity contribution >= 4 is 23.5 Å². The maximum atomic E-state index is 13.5. The van der Waals surface area contributed by atoms with E-state index in [9.17, 15) is 18.8 Å². The highest BCUT2D eigenvalue weighted by Crippen LogP contribution is 2.18. The van der Waals surface area contributed by atoms with E-state index in [1.54, 1.807) is 25.6 Å². The number of halogens is 1. The van der Waals surface area contributed by atoms with Gasteiger partial charge in [-0.2, -0.15) is 5.10 Å². The fourth-order valence-electron chi connectivity index (χ4n) is 2.36. The third-order valence-corrected chi connectivity index (χ3v) is 3.95. The standard InChI is InChI=1S/C18H21FN4O4/c1-10-16(11(2)23(4)22-10)21-17(25)12(3)27-15(24)9-20-18(26)13-7-5-6-8-14(13)19/h5-8,12H,9H2,1-4H3,(H,20,26)(H,21,25)/t12-/m1/s1. The van der Waals surface area contributed by atoms with Gasteiger partial charge in [-0.15, -0.1) is 0 Å². The zero-order valence-electron chi connectivity index (χ0n) is 15.5. The van der Waals surface area contributed by atoms with Crippen LogP contribution in [-0.4, -0.2) is 40.2 Å². The normalized spacial score (nSPS) is 11.6. The Morgan fingerprint density at radius 3 is 2.52 bits per heavy atom. The number of carbonyl (C=O) groups is 3. The summed E-state index contributed by atoms with van der Waals surface area (Å²) in [5.74, 6) is -2.79. The van der Waals surface area contributed by atoms with Crippen LogP contribution in [0.25, 0.3) is 0 Å². The molecule has 1 heterocycles. The topological polar surface area (TPSA) is 102 Å². The van der Waals surface area contributed by atoms with Crippen LogP contribution in [0.15, 0.2) is 24.3 Å². The second-order valence-electron chi connectivity index (χ2n) is 5.95. The van der Waals surface area contributed by atoms with E-state index in [2.05, 4.69) is 15.7 Å². The van der Waals surface area contributed by atoms with E-state index < -0.39 is 36.2 Å². The number of esters is 1. The number of hydrogen-bond acceptors (Lipinski definition) is 5. The summed E-state index contributed by atoms with van der Waals surface area (Å²) in [6.07, 6.45) is -1.08. The number of benzene rings is 1. The first-order valence-corrected chi connectivity index (χ1v) is 8.24. The molecule has 0 bridgehead atoms. The first-order chi connectivity index (χ1) is 12.7. The van der Waals surface area contributed by atoms with E-state index in [0.717, 1.165) is 11.8 Å². The zero-order chi connectivity index (χ0) is 20.1. The Kier molecular flexibility index (Phi) is 6.27. The Bertz CT molecular complexity index is 878. The van der Waals surface area contributed by atoms with E-state index in [4.69, 9.17) is 4.74 Å². The number of nitrogens with one attached hydrogen (secondary N) is 2. The zero-order valence-corrected chi connectivity index (χ0v) is 15.5. The second-order valence-corrected chi connectivity index (χ2v) is 5.95. The Balaban J connectivity index is 1.87. The highest BCUT2D eigenvalue weighted by Gasteiger charge is 2.21. The van der Waals surface area contributed by atoms with Gasteiger partial charge in [0.1, 0.15) is 12.4 Å². The molecule has 2 aromatic rings. The molecule has 0 spiro atoms. The van der Waals surface area contributed by atoms with Gasteiger partial charge in [-0.25, -0.2) is 4.39 Å². The molecule has 1 aromatic heterocycles. The van der Waals surface area contributed by atoms with Crippen molar-refractivity contribution in [1.29, 1.82) is 0 Å². The average molecular weight is 376 g/mol. The van der Waals surface area contributed by atoms with Gasteiger partial charge in [-0.1, -0.05) is 12.1 Å². The van der Waals surface area contributed by atoms with Crippen LogP contribution in [0.5, 0.6) is 0 Å². The number of nitrogens with zero attached hydrogens (tertiary/aromatic N) is 2. The van der Waals surface area contributed by atoms with Crippen LogP contribution in [0, 0.1) is 19.7 Å². The predicted octanol–water partition coefficient (Wildman–Crippen LogP) is 1.48. The number of rotatable bonds is 6. The van der Waals surface area contributed by atoms with Crippen molar-refractivity contribution in [2.45, 2.75) is 26.9 Å². The van der Waals surface area contributed by atoms with Gasteiger partial charge in [-0.05, 0) is 32.9 Å². The first kappa shape index (κ1) is 20.1. The molecule has 27 heavy (non-hydrogen) atoms. The van der Waals surface area contributed by atoms with Gasteiger partial charge in [0.15, 0.2) is 6.10 Å². The molecule has 0 aliphatic heterocycles. The average Bonchev–Trinajstić information content (AvgIpc) is 2.86. The van der Waals surface area contributed by atoms with Crippen molar-refractivity contribution in [2.24, 2.45) is 7.05 Å². The van der Waals surface area contributed by atoms with Gasteiger partial charge in [-0.3, -0.25) is 19.1 Å². The molecule has 1 aromatic carbocycles. The van der Waals surface area contributed by atoms with E-state index >= 15 is 0 Å². The molecule has 2 amide bonds. The van der Waals surface area contributed by atoms with Crippen molar-refractivity contribution < 1.29 is 23.5 Å². The minimum absolute atomic E-state index is 0.182. The van der Waals surface area contributed by atoms with Crippen LogP contribution in [0.1, 0.15) is 28.7 Å². The summed E-state index contributed by atoms with van der Waals surface area (Å²) >= 11 is 0. The third kappa shape index (κ3) is 4.90. The molecule has 0 radical (unpaired) electrons. The predicted molar refractivity (Wildman–Crippen MR) is 95.6 cm³/mol. The van der Waals surface area contributed by atoms with Gasteiger partial charge < -0.3 is 15.4 Å². The lowest BCUT2D eigenvalue weighted by atomic mass is 10.2. The fraction of sp³-hybridized carbons (Fsp3) is 0.333. The van der Waals surface area contributed by atoms with Gasteiger partial charge in [0.2, 0.25) is 0 Å². The van der Waals surface area contributed by atoms with Gasteiger partial charge in [0.05, 0.1) is 22.6 Å². The minimum atomic E-state index is -1.08. The first-order valence-electron chi connectivity index (χ1n) is 8.24. The van der Waals surface area contributed by atoms with Crippen molar-refractivity contribution in [3.63, 3.8) is 0 Å². The molecular weight excluding hydrogens is 355 g/mol. The lowest BCUT2D eigenvalue weighted by Gasteiger charge is -2.14. The Hall–Kier alpha value is -3.23. The molecule has 0 aliphatic rings. The number of anilines is 1. The summed E-state index contributed by atoms with van der Waals surface area (Å²) in [6, 6.07) is 5.39. The minimum Gasteiger partial charge on any atom is -0.451 e. The van der Waals surface area contributed by atoms with Crippen LogP contribution in [0.4, 0.5) is 10.1 Å². The molecule has 0 unspecified atom stereocenters. The van der Waals surface area contributed by atoms with Crippen molar-refractivity contribution in [2.75, 3.05) is 11.9 Å². The van der Waals surface area contributed by atoms with E-state index in [-0.39, 0.29) is 5.56 Å². The summed E-state index contributed by atoms with van der Waals surface area (Å²) in [4.78, 5) is 35.9. The van der Waals surface area contributed by atoms with Crippen LogP contribution >= 0.6 is 0 Å². The number of amides is 2. The number of hydrogen-bond donors (Lipinski definition) is 2. The summed E-state index contributed by atoms with van der Waals surface area (Å²) in [6.45, 7) is 4.46. The number of aryl methyl sites for hydroxylation is 2. The van der Waals surface area contributed by atoms with Gasteiger partial charge in [0, 0.05) is 7.05 Å². The summed E-state index contributed by atoms with van der Waals surface area (Å²) < 4.78 is 20.1. The molecule has 9 heteroatoms. The molecule has 0 saturated heterocycles. The van der Waals surface area contributed by atoms with Crippen molar-refractivity contribution in [3.8, 4) is 0 Å². The molecule has 2 N–H and O–H groups in total. The monoisotopic (exact) mass is 376 g/mol. The smallest absolute Gasteiger partial charge is 0.326 e. The van der Waals surface area contributed by atoms with Crippen molar-refractivity contribution in [3.05, 3.63) is 47.0 Å². The van der Waals surface area contributed by atoms with Crippen LogP contribution < -0.4 is 10.6 Å². The molecular formula is C18H21FN4O4. The largest absolute Gasteiger partial charge is 0.451 e. The lowest BCUT2D eigenvalue weighted by Crippen LogP contribution is -2.36. The summed E-state index contributed by atoms with van der Waals surface area (Å²) in [5, 5.41) is 9.11. The fourth-order valence-corrected chi connectivity index (χ4v) is 2.36. The van der Waals surface area contributed by atoms with Crippen LogP contribution in [0.3, 0.4) is 0 Å². The quantitative estimate of drug-likeness (QED) is 0.744. The Morgan fingerprint density at radius 2 is 1.93 bits per heavy atom. The maximum Gasteiger partial charge on any atom is 0.326 e. The van der Waals surface area contributed by atoms with E-state index in [0.29, 0.717) is 11.4 Å². The Morgan fingerprint density at radius 1 is 1.26 bits per heavy atom. The number of carbonyl (C=O) groups excluding carboxylic acids is 3. The molecule has 1 atom stereocenters. The second kappa shape index (κ2) is 8.43. The SMILES string of the molecule is Cc1nn(C)c(C)c1NC(=O)[C@@H](C)OC(=O)CNC(=O)c1ccccc1F. The highest BCUT2D eigenvalue weighted by molar-refractivity contribution is 5.97. The van der Waals surface area contributed by atoms with E-state index in [1.807, 2.05) is 0 Å². The molecule has 0 aliphatic carbocycles. The molecule has 144 valence electrons. The lowest BCUT2D eigenvalue weighted by molar-refractivity contribution is -0.152. The Labute approximate surface area is 155 Å². The van der Waals surface area contributed by atoms with Gasteiger partial charge >= 0.3 is 5.97 Å². The maximum absolute atomic E-state index is 13.5. The molecule has 8 nitrogen and oxygen atoms in total. The molecule has 0 fully saturated rings. The summed E-state index contributed by atoms with van der Waals surface area (Å²) in [5.41, 5.74) is 1.77. The van der Waals surface area contributed by atoms with E-state index in [1.165, 1.54) is 25.1 Å². The molecule has 0 saturated carbocycles. The van der Waals surface area contributed by atoms with Gasteiger partial charge in [0.25, 0.3) is 11.8 Å².